The number of carbonyl (C=O) groups excluding carboxylic acids is 1. The van der Waals surface area contributed by atoms with Crippen molar-refractivity contribution in [3.8, 4) is 5.75 Å². The molecule has 0 fully saturated rings. The lowest BCUT2D eigenvalue weighted by molar-refractivity contribution is 0.0793. The maximum absolute atomic E-state index is 13.3. The Kier molecular flexibility index (Phi) is 10.1. The van der Waals surface area contributed by atoms with E-state index < -0.39 is 9.84 Å². The molecule has 0 bridgehead atoms. The average molecular weight is 516 g/mol. The van der Waals surface area contributed by atoms with Crippen LogP contribution in [0.25, 0.3) is 0 Å². The van der Waals surface area contributed by atoms with Crippen molar-refractivity contribution >= 4 is 28.0 Å². The number of hydrogen-bond acceptors (Lipinski definition) is 5. The summed E-state index contributed by atoms with van der Waals surface area (Å²) in [5, 5.41) is 0. The molecule has 0 amide bonds. The molecule has 0 radical (unpaired) electrons. The summed E-state index contributed by atoms with van der Waals surface area (Å²) in [6, 6.07) is 24.8. The van der Waals surface area contributed by atoms with E-state index in [-0.39, 0.29) is 36.0 Å². The first-order valence-corrected chi connectivity index (χ1v) is 13.4. The summed E-state index contributed by atoms with van der Waals surface area (Å²) in [5.74, 6) is 0.226. The molecule has 0 aromatic heterocycles. The SMILES string of the molecule is CC(C)(C)N(CC(=O)c1ccc(OCc2ccccc2)c(CS(C)(=O)=O)c1)Cc1ccccc1.Cl. The minimum atomic E-state index is -3.31. The normalized spacial score (nSPS) is 11.7. The first kappa shape index (κ1) is 28.6. The van der Waals surface area contributed by atoms with Gasteiger partial charge in [-0.15, -0.1) is 12.4 Å². The Morgan fingerprint density at radius 3 is 2.00 bits per heavy atom. The van der Waals surface area contributed by atoms with Crippen molar-refractivity contribution < 1.29 is 17.9 Å². The third kappa shape index (κ3) is 9.13. The molecule has 0 aliphatic rings. The zero-order valence-corrected chi connectivity index (χ0v) is 22.4. The van der Waals surface area contributed by atoms with Gasteiger partial charge < -0.3 is 4.74 Å². The van der Waals surface area contributed by atoms with Crippen LogP contribution in [-0.4, -0.2) is 37.4 Å². The minimum absolute atomic E-state index is 0. The molecule has 0 aliphatic carbocycles. The molecule has 0 heterocycles. The molecule has 0 atom stereocenters. The maximum Gasteiger partial charge on any atom is 0.176 e. The Balaban J connectivity index is 0.00000432. The fourth-order valence-electron chi connectivity index (χ4n) is 3.62. The van der Waals surface area contributed by atoms with E-state index in [0.717, 1.165) is 11.1 Å². The molecule has 0 unspecified atom stereocenters. The summed E-state index contributed by atoms with van der Waals surface area (Å²) in [7, 11) is -3.31. The molecule has 0 aliphatic heterocycles. The van der Waals surface area contributed by atoms with E-state index in [9.17, 15) is 13.2 Å². The highest BCUT2D eigenvalue weighted by atomic mass is 35.5. The van der Waals surface area contributed by atoms with Crippen LogP contribution in [0.2, 0.25) is 0 Å². The standard InChI is InChI=1S/C28H33NO4S.ClH/c1-28(2,3)29(18-22-11-7-5-8-12-22)19-26(30)24-15-16-27(25(17-24)21-34(4,31)32)33-20-23-13-9-6-10-14-23;/h5-17H,18-21H2,1-4H3;1H. The largest absolute Gasteiger partial charge is 0.489 e. The lowest BCUT2D eigenvalue weighted by Crippen LogP contribution is -2.43. The van der Waals surface area contributed by atoms with E-state index in [1.165, 1.54) is 6.26 Å². The topological polar surface area (TPSA) is 63.7 Å². The number of halogens is 1. The number of benzene rings is 3. The molecule has 3 rings (SSSR count). The van der Waals surface area contributed by atoms with Crippen LogP contribution < -0.4 is 4.74 Å². The lowest BCUT2D eigenvalue weighted by atomic mass is 10.0. The predicted molar refractivity (Wildman–Crippen MR) is 144 cm³/mol. The Morgan fingerprint density at radius 1 is 0.886 bits per heavy atom. The summed E-state index contributed by atoms with van der Waals surface area (Å²) in [6.07, 6.45) is 1.18. The molecule has 0 saturated carbocycles. The van der Waals surface area contributed by atoms with Crippen molar-refractivity contribution in [1.29, 1.82) is 0 Å². The molecular weight excluding hydrogens is 482 g/mol. The van der Waals surface area contributed by atoms with Crippen molar-refractivity contribution in [2.45, 2.75) is 45.2 Å². The third-order valence-corrected chi connectivity index (χ3v) is 6.37. The van der Waals surface area contributed by atoms with Gasteiger partial charge in [0.2, 0.25) is 0 Å². The number of ether oxygens (including phenoxy) is 1. The molecule has 3 aromatic rings. The van der Waals surface area contributed by atoms with Gasteiger partial charge in [0.1, 0.15) is 12.4 Å². The number of nitrogens with zero attached hydrogens (tertiary/aromatic N) is 1. The van der Waals surface area contributed by atoms with Crippen molar-refractivity contribution in [3.63, 3.8) is 0 Å². The predicted octanol–water partition coefficient (Wildman–Crippen LogP) is 5.72. The molecule has 0 N–H and O–H groups in total. The lowest BCUT2D eigenvalue weighted by Gasteiger charge is -2.35. The molecule has 188 valence electrons. The molecule has 7 heteroatoms. The van der Waals surface area contributed by atoms with Gasteiger partial charge in [-0.3, -0.25) is 9.69 Å². The zero-order valence-electron chi connectivity index (χ0n) is 20.7. The van der Waals surface area contributed by atoms with E-state index in [4.69, 9.17) is 4.74 Å². The molecular formula is C28H34ClNO4S. The molecule has 0 saturated heterocycles. The van der Waals surface area contributed by atoms with Gasteiger partial charge in [-0.1, -0.05) is 60.7 Å². The Bertz CT molecular complexity index is 1210. The zero-order chi connectivity index (χ0) is 24.8. The first-order valence-electron chi connectivity index (χ1n) is 11.3. The van der Waals surface area contributed by atoms with Crippen molar-refractivity contribution in [1.82, 2.24) is 4.90 Å². The second-order valence-corrected chi connectivity index (χ2v) is 11.7. The smallest absolute Gasteiger partial charge is 0.176 e. The summed E-state index contributed by atoms with van der Waals surface area (Å²) in [4.78, 5) is 15.4. The van der Waals surface area contributed by atoms with Crippen LogP contribution in [0, 0.1) is 0 Å². The van der Waals surface area contributed by atoms with Crippen molar-refractivity contribution in [2.24, 2.45) is 0 Å². The van der Waals surface area contributed by atoms with Gasteiger partial charge in [0.25, 0.3) is 0 Å². The van der Waals surface area contributed by atoms with Gasteiger partial charge in [0.15, 0.2) is 15.6 Å². The third-order valence-electron chi connectivity index (χ3n) is 5.54. The van der Waals surface area contributed by atoms with Crippen LogP contribution in [0.5, 0.6) is 5.75 Å². The number of sulfone groups is 1. The van der Waals surface area contributed by atoms with E-state index >= 15 is 0 Å². The Hall–Kier alpha value is -2.67. The van der Waals surface area contributed by atoms with Crippen LogP contribution >= 0.6 is 12.4 Å². The van der Waals surface area contributed by atoms with E-state index in [1.807, 2.05) is 60.7 Å². The fourth-order valence-corrected chi connectivity index (χ4v) is 4.41. The second kappa shape index (κ2) is 12.3. The Morgan fingerprint density at radius 2 is 1.46 bits per heavy atom. The van der Waals surface area contributed by atoms with Gasteiger partial charge in [-0.2, -0.15) is 0 Å². The molecule has 35 heavy (non-hydrogen) atoms. The monoisotopic (exact) mass is 515 g/mol. The van der Waals surface area contributed by atoms with Crippen LogP contribution in [0.4, 0.5) is 0 Å². The van der Waals surface area contributed by atoms with Gasteiger partial charge in [0.05, 0.1) is 12.3 Å². The number of hydrogen-bond donors (Lipinski definition) is 0. The Labute approximate surface area is 215 Å². The van der Waals surface area contributed by atoms with Crippen LogP contribution in [0.15, 0.2) is 78.9 Å². The van der Waals surface area contributed by atoms with E-state index in [1.54, 1.807) is 18.2 Å². The van der Waals surface area contributed by atoms with Crippen LogP contribution in [0.3, 0.4) is 0 Å². The van der Waals surface area contributed by atoms with Crippen LogP contribution in [0.1, 0.15) is 47.8 Å². The van der Waals surface area contributed by atoms with Crippen molar-refractivity contribution in [2.75, 3.05) is 12.8 Å². The maximum atomic E-state index is 13.3. The van der Waals surface area contributed by atoms with Gasteiger partial charge in [-0.25, -0.2) is 8.42 Å². The van der Waals surface area contributed by atoms with E-state index in [0.29, 0.717) is 30.0 Å². The summed E-state index contributed by atoms with van der Waals surface area (Å²) >= 11 is 0. The first-order chi connectivity index (χ1) is 16.0. The highest BCUT2D eigenvalue weighted by Crippen LogP contribution is 2.25. The van der Waals surface area contributed by atoms with E-state index in [2.05, 4.69) is 25.7 Å². The quantitative estimate of drug-likeness (QED) is 0.323. The average Bonchev–Trinajstić information content (AvgIpc) is 2.77. The fraction of sp³-hybridized carbons (Fsp3) is 0.321. The summed E-state index contributed by atoms with van der Waals surface area (Å²) in [6.45, 7) is 7.43. The van der Waals surface area contributed by atoms with Crippen molar-refractivity contribution in [3.05, 3.63) is 101 Å². The highest BCUT2D eigenvalue weighted by Gasteiger charge is 2.25. The van der Waals surface area contributed by atoms with Gasteiger partial charge >= 0.3 is 0 Å². The number of carbonyl (C=O) groups is 1. The minimum Gasteiger partial charge on any atom is -0.489 e. The summed E-state index contributed by atoms with van der Waals surface area (Å²) < 4.78 is 30.1. The van der Waals surface area contributed by atoms with Gasteiger partial charge in [0, 0.05) is 29.5 Å². The summed E-state index contributed by atoms with van der Waals surface area (Å²) in [5.41, 5.74) is 2.87. The number of rotatable bonds is 10. The second-order valence-electron chi connectivity index (χ2n) is 9.60. The molecule has 0 spiro atoms. The highest BCUT2D eigenvalue weighted by molar-refractivity contribution is 7.89. The molecule has 5 nitrogen and oxygen atoms in total. The number of Topliss-reactive ketones (excluding diaryl/α,β-unsaturated/α-hetero) is 1. The number of ketones is 1. The van der Waals surface area contributed by atoms with Gasteiger partial charge in [-0.05, 0) is 50.1 Å². The van der Waals surface area contributed by atoms with Crippen LogP contribution in [-0.2, 0) is 28.7 Å². The molecule has 3 aromatic carbocycles.